The molecule has 7 nitrogen and oxygen atoms in total. The fourth-order valence-electron chi connectivity index (χ4n) is 4.53. The molecule has 2 fully saturated rings. The predicted octanol–water partition coefficient (Wildman–Crippen LogP) is 3.19. The molecule has 1 spiro atoms. The largest absolute Gasteiger partial charge is 0.496 e. The first kappa shape index (κ1) is 19.3. The Hall–Kier alpha value is -2.64. The minimum atomic E-state index is -1.04. The number of rotatable bonds is 5. The van der Waals surface area contributed by atoms with Crippen LogP contribution in [-0.4, -0.2) is 45.7 Å². The van der Waals surface area contributed by atoms with E-state index in [4.69, 9.17) is 9.72 Å². The van der Waals surface area contributed by atoms with Crippen LogP contribution in [0.15, 0.2) is 36.7 Å². The third-order valence-electron chi connectivity index (χ3n) is 6.38. The quantitative estimate of drug-likeness (QED) is 0.603. The Morgan fingerprint density at radius 3 is 2.90 bits per heavy atom. The number of nitrogens with one attached hydrogen (secondary N) is 2. The third kappa shape index (κ3) is 3.52. The van der Waals surface area contributed by atoms with Crippen LogP contribution in [0.2, 0.25) is 0 Å². The molecule has 30 heavy (non-hydrogen) atoms. The molecule has 0 aromatic carbocycles. The van der Waals surface area contributed by atoms with Crippen molar-refractivity contribution in [3.05, 3.63) is 42.2 Å². The van der Waals surface area contributed by atoms with Gasteiger partial charge in [-0.05, 0) is 50.7 Å². The van der Waals surface area contributed by atoms with Crippen LogP contribution in [0.4, 0.5) is 5.82 Å². The molecule has 2 aliphatic rings. The number of hydrogen-bond acceptors (Lipinski definition) is 6. The second-order valence-electron chi connectivity index (χ2n) is 9.27. The summed E-state index contributed by atoms with van der Waals surface area (Å²) in [6, 6.07) is 8.28. The molecule has 3 aromatic heterocycles. The van der Waals surface area contributed by atoms with Gasteiger partial charge in [0.25, 0.3) is 0 Å². The van der Waals surface area contributed by atoms with Gasteiger partial charge in [-0.15, -0.1) is 0 Å². The lowest BCUT2D eigenvalue weighted by molar-refractivity contribution is 0.0752. The summed E-state index contributed by atoms with van der Waals surface area (Å²) in [6.45, 7) is 5.62. The predicted molar refractivity (Wildman–Crippen MR) is 117 cm³/mol. The van der Waals surface area contributed by atoms with E-state index in [1.54, 1.807) is 21.0 Å². The zero-order valence-electron chi connectivity index (χ0n) is 17.8. The zero-order chi connectivity index (χ0) is 20.9. The van der Waals surface area contributed by atoms with Crippen molar-refractivity contribution in [3.63, 3.8) is 0 Å². The van der Waals surface area contributed by atoms with Crippen LogP contribution in [-0.2, 0) is 5.60 Å². The number of ether oxygens (including phenoxy) is 1. The van der Waals surface area contributed by atoms with Gasteiger partial charge in [-0.3, -0.25) is 4.40 Å². The topological polar surface area (TPSA) is 83.7 Å². The lowest BCUT2D eigenvalue weighted by Crippen LogP contribution is -2.44. The Balaban J connectivity index is 1.47. The highest BCUT2D eigenvalue weighted by Crippen LogP contribution is 2.50. The maximum Gasteiger partial charge on any atom is 0.140 e. The van der Waals surface area contributed by atoms with Crippen LogP contribution in [0.1, 0.15) is 38.7 Å². The van der Waals surface area contributed by atoms with Gasteiger partial charge in [-0.25, -0.2) is 9.97 Å². The molecule has 1 saturated heterocycles. The standard InChI is InChI=1S/C23H29N5O2/c1-22(2,29)16-13-28-18(12-25-21(28)9-19(16)30-3)17-5-4-6-20(27-17)26-15-10-23(7-8-23)14-24-11-15/h4-6,9,12-13,15,24,29H,7-8,10-11,14H2,1-3H3,(H,26,27). The highest BCUT2D eigenvalue weighted by atomic mass is 16.5. The zero-order valence-corrected chi connectivity index (χ0v) is 17.8. The summed E-state index contributed by atoms with van der Waals surface area (Å²) in [4.78, 5) is 9.40. The fourth-order valence-corrected chi connectivity index (χ4v) is 4.53. The van der Waals surface area contributed by atoms with Crippen LogP contribution in [0.3, 0.4) is 0 Å². The molecule has 7 heteroatoms. The third-order valence-corrected chi connectivity index (χ3v) is 6.38. The summed E-state index contributed by atoms with van der Waals surface area (Å²) in [7, 11) is 1.60. The van der Waals surface area contributed by atoms with Gasteiger partial charge in [0.15, 0.2) is 0 Å². The van der Waals surface area contributed by atoms with Crippen LogP contribution in [0.5, 0.6) is 5.75 Å². The number of nitrogens with zero attached hydrogens (tertiary/aromatic N) is 3. The fraction of sp³-hybridized carbons (Fsp3) is 0.478. The number of pyridine rings is 2. The first-order valence-electron chi connectivity index (χ1n) is 10.6. The lowest BCUT2D eigenvalue weighted by Gasteiger charge is -2.31. The molecule has 0 radical (unpaired) electrons. The molecular formula is C23H29N5O2. The van der Waals surface area contributed by atoms with Crippen LogP contribution >= 0.6 is 0 Å². The van der Waals surface area contributed by atoms with Crippen molar-refractivity contribution in [2.24, 2.45) is 5.41 Å². The van der Waals surface area contributed by atoms with E-state index in [9.17, 15) is 5.11 Å². The molecule has 158 valence electrons. The van der Waals surface area contributed by atoms with Gasteiger partial charge in [0, 0.05) is 37.0 Å². The summed E-state index contributed by atoms with van der Waals surface area (Å²) >= 11 is 0. The van der Waals surface area contributed by atoms with Gasteiger partial charge in [0.05, 0.1) is 30.3 Å². The van der Waals surface area contributed by atoms with E-state index < -0.39 is 5.60 Å². The van der Waals surface area contributed by atoms with Gasteiger partial charge >= 0.3 is 0 Å². The first-order valence-corrected chi connectivity index (χ1v) is 10.6. The van der Waals surface area contributed by atoms with Crippen molar-refractivity contribution in [2.45, 2.75) is 44.8 Å². The number of aromatic nitrogens is 3. The van der Waals surface area contributed by atoms with Gasteiger partial charge in [-0.1, -0.05) is 6.07 Å². The van der Waals surface area contributed by atoms with Crippen molar-refractivity contribution in [3.8, 4) is 17.1 Å². The molecule has 3 aromatic rings. The normalized spacial score (nSPS) is 20.5. The summed E-state index contributed by atoms with van der Waals surface area (Å²) < 4.78 is 7.44. The number of imidazole rings is 1. The molecular weight excluding hydrogens is 378 g/mol. The van der Waals surface area contributed by atoms with Gasteiger partial charge in [0.2, 0.25) is 0 Å². The summed E-state index contributed by atoms with van der Waals surface area (Å²) in [5.41, 5.74) is 2.65. The average molecular weight is 408 g/mol. The minimum Gasteiger partial charge on any atom is -0.496 e. The smallest absolute Gasteiger partial charge is 0.140 e. The van der Waals surface area contributed by atoms with Gasteiger partial charge in [0.1, 0.15) is 17.2 Å². The Kier molecular flexibility index (Phi) is 4.48. The van der Waals surface area contributed by atoms with Gasteiger partial charge in [-0.2, -0.15) is 0 Å². The van der Waals surface area contributed by atoms with E-state index in [-0.39, 0.29) is 0 Å². The van der Waals surface area contributed by atoms with Crippen LogP contribution in [0.25, 0.3) is 17.0 Å². The van der Waals surface area contributed by atoms with E-state index in [0.29, 0.717) is 22.8 Å². The van der Waals surface area contributed by atoms with Crippen LogP contribution < -0.4 is 15.4 Å². The van der Waals surface area contributed by atoms with E-state index >= 15 is 0 Å². The van der Waals surface area contributed by atoms with Crippen molar-refractivity contribution in [2.75, 3.05) is 25.5 Å². The second-order valence-corrected chi connectivity index (χ2v) is 9.27. The van der Waals surface area contributed by atoms with Crippen molar-refractivity contribution < 1.29 is 9.84 Å². The van der Waals surface area contributed by atoms with Crippen molar-refractivity contribution in [1.29, 1.82) is 0 Å². The summed E-state index contributed by atoms with van der Waals surface area (Å²) in [5, 5.41) is 17.8. The number of aliphatic hydroxyl groups is 1. The number of fused-ring (bicyclic) bond motifs is 1. The summed E-state index contributed by atoms with van der Waals surface area (Å²) in [6.07, 6.45) is 7.58. The van der Waals surface area contributed by atoms with Crippen molar-refractivity contribution in [1.82, 2.24) is 19.7 Å². The highest BCUT2D eigenvalue weighted by Gasteiger charge is 2.45. The van der Waals surface area contributed by atoms with Crippen molar-refractivity contribution >= 4 is 11.5 Å². The highest BCUT2D eigenvalue weighted by molar-refractivity contribution is 5.64. The molecule has 4 heterocycles. The maximum atomic E-state index is 10.6. The molecule has 5 rings (SSSR count). The second kappa shape index (κ2) is 6.96. The van der Waals surface area contributed by atoms with Crippen LogP contribution in [0, 0.1) is 5.41 Å². The maximum absolute atomic E-state index is 10.6. The number of piperidine rings is 1. The molecule has 3 N–H and O–H groups in total. The van der Waals surface area contributed by atoms with E-state index in [1.807, 2.05) is 41.1 Å². The molecule has 0 bridgehead atoms. The number of methoxy groups -OCH3 is 1. The molecule has 0 amide bonds. The minimum absolute atomic E-state index is 0.400. The number of hydrogen-bond donors (Lipinski definition) is 3. The average Bonchev–Trinajstić information content (AvgIpc) is 3.32. The van der Waals surface area contributed by atoms with E-state index in [1.165, 1.54) is 19.3 Å². The monoisotopic (exact) mass is 407 g/mol. The Labute approximate surface area is 176 Å². The Bertz CT molecular complexity index is 1080. The van der Waals surface area contributed by atoms with E-state index in [0.717, 1.165) is 35.9 Å². The molecule has 1 atom stereocenters. The Morgan fingerprint density at radius 1 is 1.33 bits per heavy atom. The first-order chi connectivity index (χ1) is 14.4. The SMILES string of the molecule is COc1cc2ncc(-c3cccc(NC4CNCC5(CC5)C4)n3)n2cc1C(C)(C)O. The summed E-state index contributed by atoms with van der Waals surface area (Å²) in [5.74, 6) is 1.50. The Morgan fingerprint density at radius 2 is 2.17 bits per heavy atom. The molecule has 1 aliphatic heterocycles. The molecule has 1 saturated carbocycles. The van der Waals surface area contributed by atoms with E-state index in [2.05, 4.69) is 15.6 Å². The molecule has 1 unspecified atom stereocenters. The van der Waals surface area contributed by atoms with Gasteiger partial charge < -0.3 is 20.5 Å². The lowest BCUT2D eigenvalue weighted by atomic mass is 9.93. The number of anilines is 1. The molecule has 1 aliphatic carbocycles.